The van der Waals surface area contributed by atoms with E-state index in [-0.39, 0.29) is 0 Å². The number of nitrogens with zero attached hydrogens (tertiary/aromatic N) is 3. The molecule has 0 fully saturated rings. The predicted molar refractivity (Wildman–Crippen MR) is 223 cm³/mol. The van der Waals surface area contributed by atoms with Crippen LogP contribution in [0.3, 0.4) is 0 Å². The summed E-state index contributed by atoms with van der Waals surface area (Å²) in [6.45, 7) is 0. The molecule has 1 aliphatic heterocycles. The minimum atomic E-state index is 1.03. The summed E-state index contributed by atoms with van der Waals surface area (Å²) < 4.78 is 2.39. The van der Waals surface area contributed by atoms with E-state index in [1.165, 1.54) is 70.6 Å². The van der Waals surface area contributed by atoms with Crippen molar-refractivity contribution in [3.05, 3.63) is 188 Å². The first kappa shape index (κ1) is 30.0. The molecule has 0 saturated carbocycles. The standard InChI is InChI=1S/C49H31N3S/c1-2-10-35-29-39(25-18-32(35)9-1)52-45-16-5-6-17-47(45)53-48-31-37(22-27-46(48)52)36-21-26-44-42(30-36)41-13-3-4-15-43(41)51(44)38-23-19-33(20-24-38)40-14-7-11-34-12-8-28-50-49(34)40/h1-31H. The summed E-state index contributed by atoms with van der Waals surface area (Å²) in [6, 6.07) is 66.1. The highest BCUT2D eigenvalue weighted by Gasteiger charge is 2.25. The third kappa shape index (κ3) is 4.87. The third-order valence-corrected chi connectivity index (χ3v) is 11.7. The van der Waals surface area contributed by atoms with Crippen LogP contribution in [0, 0.1) is 0 Å². The Balaban J connectivity index is 1.00. The Morgan fingerprint density at radius 3 is 2.06 bits per heavy atom. The highest BCUT2D eigenvalue weighted by Crippen LogP contribution is 2.52. The second-order valence-corrected chi connectivity index (χ2v) is 14.7. The van der Waals surface area contributed by atoms with Crippen molar-refractivity contribution in [2.24, 2.45) is 0 Å². The molecule has 2 aromatic heterocycles. The van der Waals surface area contributed by atoms with Crippen LogP contribution >= 0.6 is 11.8 Å². The van der Waals surface area contributed by atoms with E-state index >= 15 is 0 Å². The van der Waals surface area contributed by atoms with E-state index < -0.39 is 0 Å². The van der Waals surface area contributed by atoms with Gasteiger partial charge in [-0.05, 0) is 100 Å². The normalized spacial score (nSPS) is 12.4. The van der Waals surface area contributed by atoms with Gasteiger partial charge in [0.2, 0.25) is 0 Å². The quantitative estimate of drug-likeness (QED) is 0.183. The number of rotatable bonds is 4. The molecule has 0 N–H and O–H groups in total. The molecule has 248 valence electrons. The molecule has 4 heteroatoms. The lowest BCUT2D eigenvalue weighted by atomic mass is 10.0. The predicted octanol–water partition coefficient (Wildman–Crippen LogP) is 13.8. The summed E-state index contributed by atoms with van der Waals surface area (Å²) >= 11 is 1.85. The molecule has 10 aromatic rings. The van der Waals surface area contributed by atoms with Gasteiger partial charge in [-0.25, -0.2) is 0 Å². The molecular weight excluding hydrogens is 663 g/mol. The molecule has 8 aromatic carbocycles. The molecule has 3 nitrogen and oxygen atoms in total. The van der Waals surface area contributed by atoms with Gasteiger partial charge in [0.1, 0.15) is 0 Å². The van der Waals surface area contributed by atoms with Crippen LogP contribution in [0.5, 0.6) is 0 Å². The third-order valence-electron chi connectivity index (χ3n) is 10.6. The Labute approximate surface area is 311 Å². The Morgan fingerprint density at radius 1 is 0.415 bits per heavy atom. The van der Waals surface area contributed by atoms with Gasteiger partial charge in [0.15, 0.2) is 0 Å². The van der Waals surface area contributed by atoms with Gasteiger partial charge in [-0.1, -0.05) is 121 Å². The molecule has 1 aliphatic rings. The fraction of sp³-hybridized carbons (Fsp3) is 0. The minimum Gasteiger partial charge on any atom is -0.309 e. The van der Waals surface area contributed by atoms with Crippen molar-refractivity contribution in [3.8, 4) is 27.9 Å². The average molecular weight is 694 g/mol. The second-order valence-electron chi connectivity index (χ2n) is 13.6. The van der Waals surface area contributed by atoms with E-state index in [0.29, 0.717) is 0 Å². The van der Waals surface area contributed by atoms with Crippen LogP contribution in [-0.2, 0) is 0 Å². The van der Waals surface area contributed by atoms with Gasteiger partial charge in [0.25, 0.3) is 0 Å². The highest BCUT2D eigenvalue weighted by atomic mass is 32.2. The van der Waals surface area contributed by atoms with Gasteiger partial charge < -0.3 is 9.47 Å². The van der Waals surface area contributed by atoms with Crippen LogP contribution < -0.4 is 4.90 Å². The molecule has 0 amide bonds. The van der Waals surface area contributed by atoms with Crippen molar-refractivity contribution in [1.29, 1.82) is 0 Å². The van der Waals surface area contributed by atoms with Crippen molar-refractivity contribution < 1.29 is 0 Å². The van der Waals surface area contributed by atoms with E-state index in [4.69, 9.17) is 4.98 Å². The maximum Gasteiger partial charge on any atom is 0.0780 e. The number of para-hydroxylation sites is 3. The molecule has 53 heavy (non-hydrogen) atoms. The van der Waals surface area contributed by atoms with Gasteiger partial charge in [-0.15, -0.1) is 0 Å². The van der Waals surface area contributed by atoms with Crippen molar-refractivity contribution >= 4 is 72.3 Å². The van der Waals surface area contributed by atoms with Crippen LogP contribution in [0.15, 0.2) is 198 Å². The summed E-state index contributed by atoms with van der Waals surface area (Å²) in [6.07, 6.45) is 1.87. The first-order valence-corrected chi connectivity index (χ1v) is 18.8. The Bertz CT molecular complexity index is 3040. The lowest BCUT2D eigenvalue weighted by molar-refractivity contribution is 1.17. The molecule has 0 unspecified atom stereocenters. The zero-order valence-electron chi connectivity index (χ0n) is 28.6. The van der Waals surface area contributed by atoms with Crippen molar-refractivity contribution in [2.45, 2.75) is 9.79 Å². The second kappa shape index (κ2) is 12.0. The Hall–Kier alpha value is -6.62. The number of benzene rings is 8. The van der Waals surface area contributed by atoms with Crippen molar-refractivity contribution in [1.82, 2.24) is 9.55 Å². The minimum absolute atomic E-state index is 1.03. The van der Waals surface area contributed by atoms with E-state index in [0.717, 1.165) is 27.7 Å². The zero-order valence-corrected chi connectivity index (χ0v) is 29.5. The molecule has 11 rings (SSSR count). The largest absolute Gasteiger partial charge is 0.309 e. The smallest absolute Gasteiger partial charge is 0.0780 e. The van der Waals surface area contributed by atoms with Crippen LogP contribution in [0.2, 0.25) is 0 Å². The van der Waals surface area contributed by atoms with Gasteiger partial charge in [-0.3, -0.25) is 4.98 Å². The lowest BCUT2D eigenvalue weighted by Gasteiger charge is -2.33. The van der Waals surface area contributed by atoms with Crippen LogP contribution in [0.1, 0.15) is 0 Å². The fourth-order valence-electron chi connectivity index (χ4n) is 8.09. The van der Waals surface area contributed by atoms with E-state index in [9.17, 15) is 0 Å². The van der Waals surface area contributed by atoms with Gasteiger partial charge in [-0.2, -0.15) is 0 Å². The maximum atomic E-state index is 4.70. The van der Waals surface area contributed by atoms with Crippen molar-refractivity contribution in [3.63, 3.8) is 0 Å². The SMILES string of the molecule is c1ccc2c(c1)Sc1cc(-c3ccc4c(c3)c3ccccc3n4-c3ccc(-c4cccc5cccnc45)cc3)ccc1N2c1ccc2ccccc2c1. The molecule has 0 aliphatic carbocycles. The summed E-state index contributed by atoms with van der Waals surface area (Å²) in [7, 11) is 0. The number of fused-ring (bicyclic) bond motifs is 7. The summed E-state index contributed by atoms with van der Waals surface area (Å²) in [5.41, 5.74) is 12.9. The van der Waals surface area contributed by atoms with Crippen LogP contribution in [0.4, 0.5) is 17.1 Å². The number of aromatic nitrogens is 2. The van der Waals surface area contributed by atoms with Crippen molar-refractivity contribution in [2.75, 3.05) is 4.90 Å². The van der Waals surface area contributed by atoms with E-state index in [1.54, 1.807) is 0 Å². The molecule has 0 saturated heterocycles. The maximum absolute atomic E-state index is 4.70. The molecule has 3 heterocycles. The van der Waals surface area contributed by atoms with Gasteiger partial charge >= 0.3 is 0 Å². The number of anilines is 3. The average Bonchev–Trinajstić information content (AvgIpc) is 3.56. The summed E-state index contributed by atoms with van der Waals surface area (Å²) in [4.78, 5) is 9.61. The molecular formula is C49H31N3S. The molecule has 0 radical (unpaired) electrons. The topological polar surface area (TPSA) is 21.1 Å². The first-order valence-electron chi connectivity index (χ1n) is 17.9. The number of pyridine rings is 1. The van der Waals surface area contributed by atoms with Gasteiger partial charge in [0.05, 0.1) is 27.9 Å². The number of hydrogen-bond acceptors (Lipinski definition) is 3. The fourth-order valence-corrected chi connectivity index (χ4v) is 9.19. The Morgan fingerprint density at radius 2 is 1.11 bits per heavy atom. The number of hydrogen-bond donors (Lipinski definition) is 0. The first-order chi connectivity index (χ1) is 26.3. The molecule has 0 atom stereocenters. The van der Waals surface area contributed by atoms with E-state index in [2.05, 4.69) is 185 Å². The monoisotopic (exact) mass is 693 g/mol. The molecule has 0 bridgehead atoms. The summed E-state index contributed by atoms with van der Waals surface area (Å²) in [5, 5.41) is 6.13. The zero-order chi connectivity index (χ0) is 34.9. The highest BCUT2D eigenvalue weighted by molar-refractivity contribution is 7.99. The molecule has 0 spiro atoms. The lowest BCUT2D eigenvalue weighted by Crippen LogP contribution is -2.14. The Kier molecular flexibility index (Phi) is 6.79. The summed E-state index contributed by atoms with van der Waals surface area (Å²) in [5.74, 6) is 0. The van der Waals surface area contributed by atoms with Crippen LogP contribution in [-0.4, -0.2) is 9.55 Å². The van der Waals surface area contributed by atoms with Crippen LogP contribution in [0.25, 0.3) is 71.4 Å². The van der Waals surface area contributed by atoms with Gasteiger partial charge in [0, 0.05) is 49.1 Å². The van der Waals surface area contributed by atoms with E-state index in [1.807, 2.05) is 24.0 Å².